The summed E-state index contributed by atoms with van der Waals surface area (Å²) in [6, 6.07) is 0. The Kier molecular flexibility index (Phi) is 4.52. The van der Waals surface area contributed by atoms with Gasteiger partial charge in [-0.05, 0) is 27.7 Å². The number of anilines is 1. The van der Waals surface area contributed by atoms with Crippen LogP contribution >= 0.6 is 0 Å². The molecule has 106 valence electrons. The number of amides is 1. The molecule has 0 atom stereocenters. The van der Waals surface area contributed by atoms with E-state index in [1.54, 1.807) is 27.7 Å². The van der Waals surface area contributed by atoms with Crippen LogP contribution in [-0.4, -0.2) is 41.0 Å². The van der Waals surface area contributed by atoms with Crippen molar-refractivity contribution in [3.05, 3.63) is 12.4 Å². The second-order valence-corrected chi connectivity index (χ2v) is 4.84. The standard InChI is InChI=1S/C12H19N3O4/c1-6-18-11(17)15-8-7-13-9(15)14(5)10(16)19-12(2,3)4/h7-8H,6H2,1-5H3. The highest BCUT2D eigenvalue weighted by molar-refractivity contribution is 5.87. The van der Waals surface area contributed by atoms with Crippen LogP contribution in [0.1, 0.15) is 27.7 Å². The lowest BCUT2D eigenvalue weighted by Crippen LogP contribution is -2.36. The van der Waals surface area contributed by atoms with E-state index in [1.165, 1.54) is 19.4 Å². The number of nitrogens with zero attached hydrogens (tertiary/aromatic N) is 3. The molecule has 0 aliphatic carbocycles. The summed E-state index contributed by atoms with van der Waals surface area (Å²) in [6.45, 7) is 7.22. The number of aromatic nitrogens is 2. The third-order valence-electron chi connectivity index (χ3n) is 2.05. The summed E-state index contributed by atoms with van der Waals surface area (Å²) < 4.78 is 11.2. The molecule has 0 aromatic carbocycles. The molecular weight excluding hydrogens is 250 g/mol. The van der Waals surface area contributed by atoms with Crippen LogP contribution < -0.4 is 4.90 Å². The number of carbonyl (C=O) groups excluding carboxylic acids is 2. The normalized spacial score (nSPS) is 11.0. The highest BCUT2D eigenvalue weighted by Crippen LogP contribution is 2.15. The molecule has 1 aromatic heterocycles. The van der Waals surface area contributed by atoms with Gasteiger partial charge in [0.15, 0.2) is 0 Å². The van der Waals surface area contributed by atoms with Crippen LogP contribution in [0.3, 0.4) is 0 Å². The van der Waals surface area contributed by atoms with E-state index in [4.69, 9.17) is 9.47 Å². The van der Waals surface area contributed by atoms with Crippen LogP contribution in [0.2, 0.25) is 0 Å². The fraction of sp³-hybridized carbons (Fsp3) is 0.583. The molecule has 7 nitrogen and oxygen atoms in total. The zero-order chi connectivity index (χ0) is 14.6. The summed E-state index contributed by atoms with van der Waals surface area (Å²) in [5, 5.41) is 0. The predicted octanol–water partition coefficient (Wildman–Crippen LogP) is 2.26. The number of hydrogen-bond donors (Lipinski definition) is 0. The van der Waals surface area contributed by atoms with Gasteiger partial charge in [-0.2, -0.15) is 0 Å². The van der Waals surface area contributed by atoms with Crippen molar-refractivity contribution in [2.45, 2.75) is 33.3 Å². The molecule has 0 unspecified atom stereocenters. The summed E-state index contributed by atoms with van der Waals surface area (Å²) in [5.41, 5.74) is -0.618. The Balaban J connectivity index is 2.89. The fourth-order valence-corrected chi connectivity index (χ4v) is 1.29. The van der Waals surface area contributed by atoms with Gasteiger partial charge in [0, 0.05) is 19.4 Å². The van der Waals surface area contributed by atoms with Crippen molar-refractivity contribution in [2.75, 3.05) is 18.6 Å². The summed E-state index contributed by atoms with van der Waals surface area (Å²) >= 11 is 0. The largest absolute Gasteiger partial charge is 0.449 e. The first-order valence-electron chi connectivity index (χ1n) is 5.93. The topological polar surface area (TPSA) is 73.7 Å². The first-order chi connectivity index (χ1) is 8.76. The molecule has 1 heterocycles. The third kappa shape index (κ3) is 3.97. The van der Waals surface area contributed by atoms with E-state index in [1.807, 2.05) is 0 Å². The van der Waals surface area contributed by atoms with Crippen LogP contribution in [0, 0.1) is 0 Å². The molecule has 19 heavy (non-hydrogen) atoms. The van der Waals surface area contributed by atoms with E-state index < -0.39 is 17.8 Å². The van der Waals surface area contributed by atoms with E-state index in [-0.39, 0.29) is 12.6 Å². The second kappa shape index (κ2) is 5.73. The van der Waals surface area contributed by atoms with Crippen LogP contribution in [0.15, 0.2) is 12.4 Å². The first kappa shape index (κ1) is 15.0. The van der Waals surface area contributed by atoms with Gasteiger partial charge in [0.1, 0.15) is 5.60 Å². The number of rotatable bonds is 2. The van der Waals surface area contributed by atoms with Gasteiger partial charge in [-0.3, -0.25) is 0 Å². The average Bonchev–Trinajstić information content (AvgIpc) is 2.74. The molecule has 1 rings (SSSR count). The lowest BCUT2D eigenvalue weighted by Gasteiger charge is -2.24. The molecule has 0 N–H and O–H groups in total. The Bertz CT molecular complexity index is 462. The molecule has 0 aliphatic heterocycles. The molecule has 0 spiro atoms. The number of imidazole rings is 1. The monoisotopic (exact) mass is 269 g/mol. The van der Waals surface area contributed by atoms with Crippen molar-refractivity contribution in [1.82, 2.24) is 9.55 Å². The second-order valence-electron chi connectivity index (χ2n) is 4.84. The summed E-state index contributed by atoms with van der Waals surface area (Å²) in [5.74, 6) is 0.146. The summed E-state index contributed by atoms with van der Waals surface area (Å²) in [7, 11) is 1.48. The van der Waals surface area contributed by atoms with Gasteiger partial charge >= 0.3 is 12.2 Å². The van der Waals surface area contributed by atoms with Gasteiger partial charge in [-0.25, -0.2) is 24.0 Å². The van der Waals surface area contributed by atoms with Gasteiger partial charge in [0.2, 0.25) is 5.95 Å². The van der Waals surface area contributed by atoms with Crippen molar-refractivity contribution in [1.29, 1.82) is 0 Å². The van der Waals surface area contributed by atoms with E-state index >= 15 is 0 Å². The minimum Gasteiger partial charge on any atom is -0.449 e. The Morgan fingerprint density at radius 1 is 1.42 bits per heavy atom. The molecule has 0 bridgehead atoms. The average molecular weight is 269 g/mol. The van der Waals surface area contributed by atoms with Gasteiger partial charge < -0.3 is 9.47 Å². The minimum atomic E-state index is -0.618. The molecule has 1 aromatic rings. The predicted molar refractivity (Wildman–Crippen MR) is 69.3 cm³/mol. The van der Waals surface area contributed by atoms with Crippen LogP contribution in [0.5, 0.6) is 0 Å². The number of ether oxygens (including phenoxy) is 2. The Labute approximate surface area is 112 Å². The molecule has 1 amide bonds. The van der Waals surface area contributed by atoms with Crippen molar-refractivity contribution < 1.29 is 19.1 Å². The number of hydrogen-bond acceptors (Lipinski definition) is 5. The molecule has 0 fully saturated rings. The maximum atomic E-state index is 11.9. The van der Waals surface area contributed by atoms with Crippen molar-refractivity contribution in [2.24, 2.45) is 0 Å². The van der Waals surface area contributed by atoms with Gasteiger partial charge in [-0.1, -0.05) is 0 Å². The Morgan fingerprint density at radius 3 is 2.58 bits per heavy atom. The van der Waals surface area contributed by atoms with E-state index in [0.29, 0.717) is 0 Å². The first-order valence-corrected chi connectivity index (χ1v) is 5.93. The van der Waals surface area contributed by atoms with E-state index in [2.05, 4.69) is 4.98 Å². The highest BCUT2D eigenvalue weighted by Gasteiger charge is 2.24. The lowest BCUT2D eigenvalue weighted by molar-refractivity contribution is 0.0586. The van der Waals surface area contributed by atoms with Crippen LogP contribution in [0.25, 0.3) is 0 Å². The van der Waals surface area contributed by atoms with Crippen LogP contribution in [0.4, 0.5) is 15.5 Å². The molecule has 0 saturated carbocycles. The van der Waals surface area contributed by atoms with Crippen molar-refractivity contribution >= 4 is 18.1 Å². The third-order valence-corrected chi connectivity index (χ3v) is 2.05. The van der Waals surface area contributed by atoms with Crippen molar-refractivity contribution in [3.63, 3.8) is 0 Å². The number of carbonyl (C=O) groups is 2. The zero-order valence-electron chi connectivity index (χ0n) is 11.8. The lowest BCUT2D eigenvalue weighted by atomic mass is 10.2. The minimum absolute atomic E-state index is 0.146. The van der Waals surface area contributed by atoms with E-state index in [0.717, 1.165) is 9.47 Å². The maximum Gasteiger partial charge on any atom is 0.420 e. The van der Waals surface area contributed by atoms with Gasteiger partial charge in [0.05, 0.1) is 6.61 Å². The van der Waals surface area contributed by atoms with E-state index in [9.17, 15) is 9.59 Å². The zero-order valence-corrected chi connectivity index (χ0v) is 11.8. The molecule has 0 saturated heterocycles. The smallest absolute Gasteiger partial charge is 0.420 e. The summed E-state index contributed by atoms with van der Waals surface area (Å²) in [6.07, 6.45) is 1.65. The van der Waals surface area contributed by atoms with Crippen molar-refractivity contribution in [3.8, 4) is 0 Å². The summed E-state index contributed by atoms with van der Waals surface area (Å²) in [4.78, 5) is 28.7. The quantitative estimate of drug-likeness (QED) is 0.823. The maximum absolute atomic E-state index is 11.9. The Morgan fingerprint density at radius 2 is 2.05 bits per heavy atom. The van der Waals surface area contributed by atoms with Gasteiger partial charge in [0.25, 0.3) is 0 Å². The molecular formula is C12H19N3O4. The molecule has 7 heteroatoms. The van der Waals surface area contributed by atoms with Crippen LogP contribution in [-0.2, 0) is 9.47 Å². The molecule has 0 radical (unpaired) electrons. The SMILES string of the molecule is CCOC(=O)n1ccnc1N(C)C(=O)OC(C)(C)C. The Hall–Kier alpha value is -2.05. The van der Waals surface area contributed by atoms with Gasteiger partial charge in [-0.15, -0.1) is 0 Å². The molecule has 0 aliphatic rings. The fourth-order valence-electron chi connectivity index (χ4n) is 1.29. The highest BCUT2D eigenvalue weighted by atomic mass is 16.6.